The molecule has 6 nitrogen and oxygen atoms in total. The lowest BCUT2D eigenvalue weighted by molar-refractivity contribution is -0.140. The van der Waals surface area contributed by atoms with Crippen molar-refractivity contribution in [3.8, 4) is 6.01 Å². The molecule has 2 fully saturated rings. The van der Waals surface area contributed by atoms with Gasteiger partial charge in [-0.25, -0.2) is 0 Å². The summed E-state index contributed by atoms with van der Waals surface area (Å²) in [6.45, 7) is 0.0443. The van der Waals surface area contributed by atoms with Gasteiger partial charge in [0.1, 0.15) is 0 Å². The maximum atomic E-state index is 13.1. The first-order valence-electron chi connectivity index (χ1n) is 10.1. The van der Waals surface area contributed by atoms with Crippen LogP contribution >= 0.6 is 0 Å². The monoisotopic (exact) mass is 356 g/mol. The van der Waals surface area contributed by atoms with E-state index in [9.17, 15) is 4.79 Å². The fourth-order valence-electron chi connectivity index (χ4n) is 4.54. The van der Waals surface area contributed by atoms with Crippen molar-refractivity contribution in [1.82, 2.24) is 19.5 Å². The van der Waals surface area contributed by atoms with Gasteiger partial charge in [0, 0.05) is 18.3 Å². The summed E-state index contributed by atoms with van der Waals surface area (Å²) in [6.07, 6.45) is 13.9. The third-order valence-electron chi connectivity index (χ3n) is 5.83. The topological polar surface area (TPSA) is 59.7 Å². The molecular weight excluding hydrogens is 328 g/mol. The van der Waals surface area contributed by atoms with Gasteiger partial charge < -0.3 is 9.64 Å². The zero-order valence-electron chi connectivity index (χ0n) is 15.3. The Kier molecular flexibility index (Phi) is 5.37. The predicted molar refractivity (Wildman–Crippen MR) is 99.1 cm³/mol. The van der Waals surface area contributed by atoms with Gasteiger partial charge in [-0.3, -0.25) is 9.20 Å². The van der Waals surface area contributed by atoms with Crippen LogP contribution in [0.3, 0.4) is 0 Å². The van der Waals surface area contributed by atoms with Gasteiger partial charge in [0.05, 0.1) is 0 Å². The molecule has 2 aliphatic carbocycles. The van der Waals surface area contributed by atoms with Crippen molar-refractivity contribution in [2.45, 2.75) is 76.3 Å². The van der Waals surface area contributed by atoms with Crippen LogP contribution in [0.5, 0.6) is 6.01 Å². The Labute approximate surface area is 154 Å². The Bertz CT molecular complexity index is 714. The van der Waals surface area contributed by atoms with Crippen LogP contribution < -0.4 is 4.74 Å². The summed E-state index contributed by atoms with van der Waals surface area (Å²) in [4.78, 5) is 15.3. The average Bonchev–Trinajstić information content (AvgIpc) is 3.11. The van der Waals surface area contributed by atoms with E-state index >= 15 is 0 Å². The normalized spacial score (nSPS) is 19.5. The minimum atomic E-state index is 0.0443. The summed E-state index contributed by atoms with van der Waals surface area (Å²) >= 11 is 0. The highest BCUT2D eigenvalue weighted by molar-refractivity contribution is 5.78. The van der Waals surface area contributed by atoms with Crippen LogP contribution in [0.15, 0.2) is 24.4 Å². The number of carbonyl (C=O) groups excluding carboxylic acids is 1. The highest BCUT2D eigenvalue weighted by Gasteiger charge is 2.32. The maximum Gasteiger partial charge on any atom is 0.322 e. The van der Waals surface area contributed by atoms with E-state index in [4.69, 9.17) is 4.74 Å². The summed E-state index contributed by atoms with van der Waals surface area (Å²) < 4.78 is 7.56. The van der Waals surface area contributed by atoms with E-state index in [1.54, 1.807) is 4.40 Å². The molecule has 0 aliphatic heterocycles. The molecule has 4 rings (SSSR count). The Hall–Kier alpha value is -2.11. The molecule has 2 aliphatic rings. The fourth-order valence-corrected chi connectivity index (χ4v) is 4.54. The number of aromatic nitrogens is 3. The fraction of sp³-hybridized carbons (Fsp3) is 0.650. The number of nitrogens with zero attached hydrogens (tertiary/aromatic N) is 4. The lowest BCUT2D eigenvalue weighted by Gasteiger charge is -2.41. The van der Waals surface area contributed by atoms with Crippen LogP contribution in [-0.4, -0.2) is 44.1 Å². The van der Waals surface area contributed by atoms with Crippen molar-refractivity contribution < 1.29 is 9.53 Å². The summed E-state index contributed by atoms with van der Waals surface area (Å²) in [5.74, 6) is 0.108. The molecule has 0 spiro atoms. The number of hydrogen-bond donors (Lipinski definition) is 0. The minimum absolute atomic E-state index is 0.0443. The molecule has 0 saturated heterocycles. The number of fused-ring (bicyclic) bond motifs is 1. The van der Waals surface area contributed by atoms with Crippen molar-refractivity contribution in [2.75, 3.05) is 6.61 Å². The molecule has 2 aromatic rings. The van der Waals surface area contributed by atoms with Gasteiger partial charge in [-0.1, -0.05) is 49.7 Å². The van der Waals surface area contributed by atoms with Gasteiger partial charge in [0.15, 0.2) is 12.3 Å². The van der Waals surface area contributed by atoms with Crippen LogP contribution in [0.2, 0.25) is 0 Å². The van der Waals surface area contributed by atoms with Gasteiger partial charge in [-0.05, 0) is 37.8 Å². The van der Waals surface area contributed by atoms with Crippen molar-refractivity contribution in [1.29, 1.82) is 0 Å². The molecule has 0 unspecified atom stereocenters. The van der Waals surface area contributed by atoms with Crippen LogP contribution in [0.4, 0.5) is 0 Å². The average molecular weight is 356 g/mol. The first-order valence-corrected chi connectivity index (χ1v) is 10.1. The van der Waals surface area contributed by atoms with Crippen LogP contribution in [0.1, 0.15) is 64.2 Å². The van der Waals surface area contributed by atoms with Gasteiger partial charge in [-0.2, -0.15) is 0 Å². The zero-order valence-corrected chi connectivity index (χ0v) is 15.3. The number of carbonyl (C=O) groups is 1. The Morgan fingerprint density at radius 1 is 1.00 bits per heavy atom. The minimum Gasteiger partial charge on any atom is -0.453 e. The quantitative estimate of drug-likeness (QED) is 0.821. The number of pyridine rings is 1. The van der Waals surface area contributed by atoms with E-state index in [0.29, 0.717) is 18.1 Å². The number of rotatable bonds is 5. The van der Waals surface area contributed by atoms with E-state index in [-0.39, 0.29) is 12.5 Å². The lowest BCUT2D eigenvalue weighted by Crippen LogP contribution is -2.50. The van der Waals surface area contributed by atoms with Gasteiger partial charge >= 0.3 is 6.01 Å². The van der Waals surface area contributed by atoms with Crippen molar-refractivity contribution >= 4 is 11.6 Å². The summed E-state index contributed by atoms with van der Waals surface area (Å²) in [6, 6.07) is 6.85. The predicted octanol–water partition coefficient (Wildman–Crippen LogP) is 3.60. The third kappa shape index (κ3) is 3.69. The van der Waals surface area contributed by atoms with E-state index in [0.717, 1.165) is 31.3 Å². The highest BCUT2D eigenvalue weighted by atomic mass is 16.5. The summed E-state index contributed by atoms with van der Waals surface area (Å²) in [5, 5.41) is 8.16. The molecule has 2 heterocycles. The first-order chi connectivity index (χ1) is 12.8. The SMILES string of the molecule is O=C(COc1nnc2ccccn12)N(C1CCCCC1)C1CCCCC1. The number of hydrogen-bond acceptors (Lipinski definition) is 4. The molecular formula is C20H28N4O2. The molecule has 1 amide bonds. The number of amides is 1. The smallest absolute Gasteiger partial charge is 0.322 e. The standard InChI is InChI=1S/C20H28N4O2/c25-19(15-26-20-22-21-18-13-7-8-14-23(18)20)24(16-9-3-1-4-10-16)17-11-5-2-6-12-17/h7-8,13-14,16-17H,1-6,9-12,15H2. The molecule has 0 bridgehead atoms. The van der Waals surface area contributed by atoms with Gasteiger partial charge in [-0.15, -0.1) is 5.10 Å². The molecule has 140 valence electrons. The molecule has 0 aromatic carbocycles. The highest BCUT2D eigenvalue weighted by Crippen LogP contribution is 2.30. The Balaban J connectivity index is 1.46. The third-order valence-corrected chi connectivity index (χ3v) is 5.83. The van der Waals surface area contributed by atoms with Gasteiger partial charge in [0.25, 0.3) is 5.91 Å². The second kappa shape index (κ2) is 8.06. The molecule has 0 N–H and O–H groups in total. The van der Waals surface area contributed by atoms with Crippen LogP contribution in [0, 0.1) is 0 Å². The molecule has 2 aromatic heterocycles. The van der Waals surface area contributed by atoms with Crippen LogP contribution in [-0.2, 0) is 4.79 Å². The zero-order chi connectivity index (χ0) is 17.8. The van der Waals surface area contributed by atoms with E-state index in [1.165, 1.54) is 38.5 Å². The number of ether oxygens (including phenoxy) is 1. The van der Waals surface area contributed by atoms with E-state index in [2.05, 4.69) is 15.1 Å². The van der Waals surface area contributed by atoms with E-state index in [1.807, 2.05) is 24.4 Å². The Morgan fingerprint density at radius 2 is 1.65 bits per heavy atom. The molecule has 2 saturated carbocycles. The van der Waals surface area contributed by atoms with E-state index < -0.39 is 0 Å². The largest absolute Gasteiger partial charge is 0.453 e. The molecule has 6 heteroatoms. The second-order valence-corrected chi connectivity index (χ2v) is 7.58. The molecule has 26 heavy (non-hydrogen) atoms. The van der Waals surface area contributed by atoms with Crippen molar-refractivity contribution in [3.05, 3.63) is 24.4 Å². The van der Waals surface area contributed by atoms with Gasteiger partial charge in [0.2, 0.25) is 0 Å². The maximum absolute atomic E-state index is 13.1. The summed E-state index contributed by atoms with van der Waals surface area (Å²) in [5.41, 5.74) is 0.728. The summed E-state index contributed by atoms with van der Waals surface area (Å²) in [7, 11) is 0. The van der Waals surface area contributed by atoms with Crippen LogP contribution in [0.25, 0.3) is 5.65 Å². The van der Waals surface area contributed by atoms with Crippen molar-refractivity contribution in [2.24, 2.45) is 0 Å². The Morgan fingerprint density at radius 3 is 2.31 bits per heavy atom. The molecule has 0 atom stereocenters. The molecule has 0 radical (unpaired) electrons. The van der Waals surface area contributed by atoms with Crippen molar-refractivity contribution in [3.63, 3.8) is 0 Å². The first kappa shape index (κ1) is 17.3. The second-order valence-electron chi connectivity index (χ2n) is 7.58. The lowest BCUT2D eigenvalue weighted by atomic mass is 9.88.